The number of halogens is 2. The first-order valence-corrected chi connectivity index (χ1v) is 9.18. The number of rotatable bonds is 8. The van der Waals surface area contributed by atoms with Gasteiger partial charge in [-0.1, -0.05) is 60.7 Å². The summed E-state index contributed by atoms with van der Waals surface area (Å²) in [5.74, 6) is -0.157. The van der Waals surface area contributed by atoms with E-state index in [9.17, 15) is 13.6 Å². The number of anilines is 1. The highest BCUT2D eigenvalue weighted by Crippen LogP contribution is 2.27. The highest BCUT2D eigenvalue weighted by atomic mass is 19.3. The highest BCUT2D eigenvalue weighted by molar-refractivity contribution is 5.92. The van der Waals surface area contributed by atoms with E-state index in [0.29, 0.717) is 5.69 Å². The molecular weight excluding hydrogens is 374 g/mol. The maximum Gasteiger partial charge on any atom is 0.387 e. The molecule has 6 heteroatoms. The highest BCUT2D eigenvalue weighted by Gasteiger charge is 2.21. The van der Waals surface area contributed by atoms with Gasteiger partial charge in [-0.15, -0.1) is 0 Å². The first-order chi connectivity index (χ1) is 14.0. The van der Waals surface area contributed by atoms with Gasteiger partial charge in [0.2, 0.25) is 5.91 Å². The van der Waals surface area contributed by atoms with Gasteiger partial charge in [0.1, 0.15) is 5.75 Å². The van der Waals surface area contributed by atoms with E-state index in [1.54, 1.807) is 0 Å². The van der Waals surface area contributed by atoms with Crippen LogP contribution in [-0.2, 0) is 4.79 Å². The summed E-state index contributed by atoms with van der Waals surface area (Å²) in [5.41, 5.74) is 2.69. The molecule has 0 bridgehead atoms. The Labute approximate surface area is 168 Å². The molecule has 0 radical (unpaired) electrons. The number of benzene rings is 3. The summed E-state index contributed by atoms with van der Waals surface area (Å²) >= 11 is 0. The number of alkyl halides is 2. The molecule has 1 N–H and O–H groups in total. The van der Waals surface area contributed by atoms with E-state index in [-0.39, 0.29) is 24.2 Å². The molecule has 0 heterocycles. The second-order valence-corrected chi connectivity index (χ2v) is 6.59. The third kappa shape index (κ3) is 5.86. The third-order valence-electron chi connectivity index (χ3n) is 4.43. The minimum absolute atomic E-state index is 0.0448. The molecule has 150 valence electrons. The molecule has 3 aromatic carbocycles. The van der Waals surface area contributed by atoms with Gasteiger partial charge in [0.05, 0.1) is 12.6 Å². The summed E-state index contributed by atoms with van der Waals surface area (Å²) < 4.78 is 28.8. The van der Waals surface area contributed by atoms with Gasteiger partial charge >= 0.3 is 6.61 Å². The van der Waals surface area contributed by atoms with Gasteiger partial charge in [-0.25, -0.2) is 0 Å². The van der Waals surface area contributed by atoms with Crippen molar-refractivity contribution in [3.63, 3.8) is 0 Å². The normalized spacial score (nSPS) is 11.1. The van der Waals surface area contributed by atoms with Crippen LogP contribution in [0.15, 0.2) is 84.9 Å². The first-order valence-electron chi connectivity index (χ1n) is 9.18. The lowest BCUT2D eigenvalue weighted by Crippen LogP contribution is -2.33. The summed E-state index contributed by atoms with van der Waals surface area (Å²) in [6.07, 6.45) is 0. The van der Waals surface area contributed by atoms with Crippen LogP contribution in [0.25, 0.3) is 0 Å². The lowest BCUT2D eigenvalue weighted by Gasteiger charge is -2.28. The van der Waals surface area contributed by atoms with Crippen molar-refractivity contribution in [2.75, 3.05) is 18.9 Å². The molecule has 0 aromatic heterocycles. The molecule has 0 saturated heterocycles. The predicted molar refractivity (Wildman–Crippen MR) is 109 cm³/mol. The Kier molecular flexibility index (Phi) is 6.92. The maximum absolute atomic E-state index is 12.5. The molecule has 0 saturated carbocycles. The average Bonchev–Trinajstić information content (AvgIpc) is 2.71. The van der Waals surface area contributed by atoms with Crippen molar-refractivity contribution in [3.05, 3.63) is 96.1 Å². The zero-order chi connectivity index (χ0) is 20.6. The van der Waals surface area contributed by atoms with Gasteiger partial charge in [0.25, 0.3) is 0 Å². The van der Waals surface area contributed by atoms with Crippen LogP contribution in [0.4, 0.5) is 14.5 Å². The Hall–Kier alpha value is -3.25. The number of likely N-dealkylation sites (N-methyl/N-ethyl adjacent to an activating group) is 1. The number of carbonyl (C=O) groups excluding carboxylic acids is 1. The molecule has 29 heavy (non-hydrogen) atoms. The van der Waals surface area contributed by atoms with E-state index in [4.69, 9.17) is 0 Å². The van der Waals surface area contributed by atoms with Crippen LogP contribution in [0.2, 0.25) is 0 Å². The molecule has 0 aliphatic heterocycles. The molecule has 0 atom stereocenters. The summed E-state index contributed by atoms with van der Waals surface area (Å²) in [5, 5.41) is 2.79. The summed E-state index contributed by atoms with van der Waals surface area (Å²) in [6.45, 7) is -2.72. The van der Waals surface area contributed by atoms with Gasteiger partial charge in [-0.3, -0.25) is 9.69 Å². The molecule has 0 unspecified atom stereocenters. The maximum atomic E-state index is 12.5. The van der Waals surface area contributed by atoms with Crippen LogP contribution in [-0.4, -0.2) is 31.0 Å². The van der Waals surface area contributed by atoms with Crippen molar-refractivity contribution in [2.45, 2.75) is 12.7 Å². The summed E-state index contributed by atoms with van der Waals surface area (Å²) in [7, 11) is 1.89. The molecule has 0 fully saturated rings. The first kappa shape index (κ1) is 20.5. The van der Waals surface area contributed by atoms with Crippen molar-refractivity contribution in [1.82, 2.24) is 4.90 Å². The Morgan fingerprint density at radius 3 is 1.90 bits per heavy atom. The monoisotopic (exact) mass is 396 g/mol. The van der Waals surface area contributed by atoms with Crippen molar-refractivity contribution in [3.8, 4) is 5.75 Å². The molecule has 3 rings (SSSR count). The number of nitrogens with zero attached hydrogens (tertiary/aromatic N) is 1. The van der Waals surface area contributed by atoms with Crippen LogP contribution >= 0.6 is 0 Å². The predicted octanol–water partition coefficient (Wildman–Crippen LogP) is 4.95. The van der Waals surface area contributed by atoms with Crippen LogP contribution in [0.5, 0.6) is 5.75 Å². The number of amides is 1. The average molecular weight is 396 g/mol. The van der Waals surface area contributed by atoms with E-state index < -0.39 is 6.61 Å². The summed E-state index contributed by atoms with van der Waals surface area (Å²) in [6, 6.07) is 25.7. The lowest BCUT2D eigenvalue weighted by atomic mass is 9.97. The molecule has 4 nitrogen and oxygen atoms in total. The number of hydrogen-bond donors (Lipinski definition) is 1. The van der Waals surface area contributed by atoms with Crippen molar-refractivity contribution in [2.24, 2.45) is 0 Å². The van der Waals surface area contributed by atoms with Crippen molar-refractivity contribution >= 4 is 11.6 Å². The number of ether oxygens (including phenoxy) is 1. The second-order valence-electron chi connectivity index (χ2n) is 6.59. The fourth-order valence-corrected chi connectivity index (χ4v) is 3.21. The Morgan fingerprint density at radius 1 is 0.897 bits per heavy atom. The quantitative estimate of drug-likeness (QED) is 0.586. The number of carbonyl (C=O) groups is 1. The SMILES string of the molecule is CN(CC(=O)Nc1ccc(OC(F)F)cc1)C(c1ccccc1)c1ccccc1. The molecular formula is C23H22F2N2O2. The smallest absolute Gasteiger partial charge is 0.387 e. The zero-order valence-corrected chi connectivity index (χ0v) is 16.0. The minimum Gasteiger partial charge on any atom is -0.435 e. The summed E-state index contributed by atoms with van der Waals surface area (Å²) in [4.78, 5) is 14.5. The fraction of sp³-hybridized carbons (Fsp3) is 0.174. The fourth-order valence-electron chi connectivity index (χ4n) is 3.21. The molecule has 1 amide bonds. The second kappa shape index (κ2) is 9.80. The van der Waals surface area contributed by atoms with E-state index in [1.807, 2.05) is 72.6 Å². The van der Waals surface area contributed by atoms with Gasteiger partial charge in [0, 0.05) is 5.69 Å². The topological polar surface area (TPSA) is 41.6 Å². The molecule has 3 aromatic rings. The number of nitrogens with one attached hydrogen (secondary N) is 1. The van der Waals surface area contributed by atoms with Crippen LogP contribution in [0, 0.1) is 0 Å². The van der Waals surface area contributed by atoms with E-state index >= 15 is 0 Å². The third-order valence-corrected chi connectivity index (χ3v) is 4.43. The molecule has 0 aliphatic rings. The minimum atomic E-state index is -2.88. The van der Waals surface area contributed by atoms with Gasteiger partial charge in [0.15, 0.2) is 0 Å². The Bertz CT molecular complexity index is 864. The van der Waals surface area contributed by atoms with Crippen LogP contribution < -0.4 is 10.1 Å². The number of hydrogen-bond acceptors (Lipinski definition) is 3. The van der Waals surface area contributed by atoms with Crippen molar-refractivity contribution in [1.29, 1.82) is 0 Å². The lowest BCUT2D eigenvalue weighted by molar-refractivity contribution is -0.117. The van der Waals surface area contributed by atoms with E-state index in [2.05, 4.69) is 10.1 Å². The zero-order valence-electron chi connectivity index (χ0n) is 16.0. The van der Waals surface area contributed by atoms with Crippen LogP contribution in [0.1, 0.15) is 17.2 Å². The van der Waals surface area contributed by atoms with Gasteiger partial charge in [-0.2, -0.15) is 8.78 Å². The van der Waals surface area contributed by atoms with Crippen molar-refractivity contribution < 1.29 is 18.3 Å². The van der Waals surface area contributed by atoms with Gasteiger partial charge < -0.3 is 10.1 Å². The standard InChI is InChI=1S/C23H22F2N2O2/c1-27(16-21(28)26-19-12-14-20(15-13-19)29-23(24)25)22(17-8-4-2-5-9-17)18-10-6-3-7-11-18/h2-15,22-23H,16H2,1H3,(H,26,28). The Morgan fingerprint density at radius 2 is 1.41 bits per heavy atom. The van der Waals surface area contributed by atoms with Crippen LogP contribution in [0.3, 0.4) is 0 Å². The van der Waals surface area contributed by atoms with E-state index in [1.165, 1.54) is 24.3 Å². The largest absolute Gasteiger partial charge is 0.435 e. The molecule has 0 spiro atoms. The van der Waals surface area contributed by atoms with E-state index in [0.717, 1.165) is 11.1 Å². The Balaban J connectivity index is 1.69. The van der Waals surface area contributed by atoms with Gasteiger partial charge in [-0.05, 0) is 42.4 Å². The molecule has 0 aliphatic carbocycles.